The van der Waals surface area contributed by atoms with Crippen LogP contribution < -0.4 is 4.90 Å². The minimum atomic E-state index is -0.801. The Balaban J connectivity index is 2.39. The summed E-state index contributed by atoms with van der Waals surface area (Å²) in [4.78, 5) is 24.6. The van der Waals surface area contributed by atoms with Crippen LogP contribution in [-0.2, 0) is 22.4 Å². The highest BCUT2D eigenvalue weighted by atomic mass is 16.4. The molecule has 0 aliphatic carbocycles. The van der Waals surface area contributed by atoms with Crippen molar-refractivity contribution in [1.82, 2.24) is 0 Å². The van der Waals surface area contributed by atoms with Crippen molar-refractivity contribution in [3.63, 3.8) is 0 Å². The van der Waals surface area contributed by atoms with Crippen molar-refractivity contribution in [2.45, 2.75) is 33.1 Å². The molecule has 0 radical (unpaired) electrons. The first-order valence-electron chi connectivity index (χ1n) is 6.43. The second-order valence-corrected chi connectivity index (χ2v) is 5.73. The van der Waals surface area contributed by atoms with Gasteiger partial charge in [0.1, 0.15) is 0 Å². The molecule has 102 valence electrons. The number of anilines is 1. The van der Waals surface area contributed by atoms with Crippen molar-refractivity contribution >= 4 is 17.6 Å². The van der Waals surface area contributed by atoms with E-state index in [0.29, 0.717) is 19.3 Å². The van der Waals surface area contributed by atoms with Gasteiger partial charge in [0, 0.05) is 19.2 Å². The minimum absolute atomic E-state index is 0.113. The summed E-state index contributed by atoms with van der Waals surface area (Å²) in [5.41, 5.74) is 2.26. The molecule has 0 aromatic heterocycles. The molecule has 0 saturated heterocycles. The molecule has 1 amide bonds. The van der Waals surface area contributed by atoms with E-state index in [1.54, 1.807) is 25.8 Å². The molecule has 4 heteroatoms. The van der Waals surface area contributed by atoms with E-state index < -0.39 is 11.4 Å². The lowest BCUT2D eigenvalue weighted by Crippen LogP contribution is -2.32. The highest BCUT2D eigenvalue weighted by Crippen LogP contribution is 2.33. The SMILES string of the molecule is CN1C(=O)CCc2c(CC(C)(C)C(=O)O)cccc21. The summed E-state index contributed by atoms with van der Waals surface area (Å²) in [7, 11) is 1.77. The third kappa shape index (κ3) is 2.48. The molecule has 0 atom stereocenters. The molecule has 0 bridgehead atoms. The van der Waals surface area contributed by atoms with Crippen LogP contribution in [0.25, 0.3) is 0 Å². The summed E-state index contributed by atoms with van der Waals surface area (Å²) in [6, 6.07) is 5.78. The first-order valence-corrected chi connectivity index (χ1v) is 6.43. The molecule has 0 unspecified atom stereocenters. The maximum atomic E-state index is 11.7. The summed E-state index contributed by atoms with van der Waals surface area (Å²) in [6.45, 7) is 3.46. The number of aliphatic carboxylic acids is 1. The maximum Gasteiger partial charge on any atom is 0.309 e. The number of carbonyl (C=O) groups is 2. The van der Waals surface area contributed by atoms with E-state index in [0.717, 1.165) is 16.8 Å². The zero-order valence-electron chi connectivity index (χ0n) is 11.6. The monoisotopic (exact) mass is 261 g/mol. The molecule has 1 heterocycles. The first kappa shape index (κ1) is 13.6. The van der Waals surface area contributed by atoms with Gasteiger partial charge in [-0.3, -0.25) is 9.59 Å². The summed E-state index contributed by atoms with van der Waals surface area (Å²) in [6.07, 6.45) is 1.67. The third-order valence-electron chi connectivity index (χ3n) is 3.78. The number of nitrogens with zero attached hydrogens (tertiary/aromatic N) is 1. The summed E-state index contributed by atoms with van der Waals surface area (Å²) < 4.78 is 0. The van der Waals surface area contributed by atoms with Crippen LogP contribution in [0.2, 0.25) is 0 Å². The van der Waals surface area contributed by atoms with Gasteiger partial charge in [-0.1, -0.05) is 12.1 Å². The number of carboxylic acids is 1. The van der Waals surface area contributed by atoms with Gasteiger partial charge in [0.15, 0.2) is 0 Å². The first-order chi connectivity index (χ1) is 8.83. The second kappa shape index (κ2) is 4.68. The third-order valence-corrected chi connectivity index (χ3v) is 3.78. The predicted molar refractivity (Wildman–Crippen MR) is 73.3 cm³/mol. The minimum Gasteiger partial charge on any atom is -0.481 e. The average Bonchev–Trinajstić information content (AvgIpc) is 2.34. The number of carboxylic acid groups (broad SMARTS) is 1. The number of hydrogen-bond donors (Lipinski definition) is 1. The fraction of sp³-hybridized carbons (Fsp3) is 0.467. The van der Waals surface area contributed by atoms with Gasteiger partial charge in [0.05, 0.1) is 5.41 Å². The van der Waals surface area contributed by atoms with E-state index in [1.165, 1.54) is 0 Å². The van der Waals surface area contributed by atoms with Crippen LogP contribution in [0.3, 0.4) is 0 Å². The predicted octanol–water partition coefficient (Wildman–Crippen LogP) is 2.25. The van der Waals surface area contributed by atoms with Gasteiger partial charge in [-0.2, -0.15) is 0 Å². The highest BCUT2D eigenvalue weighted by Gasteiger charge is 2.30. The van der Waals surface area contributed by atoms with Gasteiger partial charge >= 0.3 is 5.97 Å². The van der Waals surface area contributed by atoms with Gasteiger partial charge in [0.2, 0.25) is 5.91 Å². The van der Waals surface area contributed by atoms with Gasteiger partial charge in [0.25, 0.3) is 0 Å². The van der Waals surface area contributed by atoms with Crippen LogP contribution in [0.5, 0.6) is 0 Å². The Bertz CT molecular complexity index is 534. The van der Waals surface area contributed by atoms with Crippen molar-refractivity contribution in [2.24, 2.45) is 5.41 Å². The van der Waals surface area contributed by atoms with E-state index >= 15 is 0 Å². The highest BCUT2D eigenvalue weighted by molar-refractivity contribution is 5.96. The maximum absolute atomic E-state index is 11.7. The molecule has 1 aromatic rings. The zero-order valence-corrected chi connectivity index (χ0v) is 11.6. The molecule has 0 spiro atoms. The van der Waals surface area contributed by atoms with Crippen LogP contribution in [0.4, 0.5) is 5.69 Å². The number of rotatable bonds is 3. The Morgan fingerprint density at radius 2 is 2.05 bits per heavy atom. The fourth-order valence-corrected chi connectivity index (χ4v) is 2.48. The van der Waals surface area contributed by atoms with Crippen molar-refractivity contribution in [3.05, 3.63) is 29.3 Å². The van der Waals surface area contributed by atoms with E-state index in [4.69, 9.17) is 0 Å². The standard InChI is InChI=1S/C15H19NO3/c1-15(2,14(18)19)9-10-5-4-6-12-11(10)7-8-13(17)16(12)3/h4-6H,7-9H2,1-3H3,(H,18,19). The Morgan fingerprint density at radius 3 is 2.68 bits per heavy atom. The van der Waals surface area contributed by atoms with Crippen molar-refractivity contribution in [3.8, 4) is 0 Å². The largest absolute Gasteiger partial charge is 0.481 e. The molecule has 0 fully saturated rings. The van der Waals surface area contributed by atoms with Gasteiger partial charge < -0.3 is 10.0 Å². The summed E-state index contributed by atoms with van der Waals surface area (Å²) in [5, 5.41) is 9.24. The number of hydrogen-bond acceptors (Lipinski definition) is 2. The topological polar surface area (TPSA) is 57.6 Å². The lowest BCUT2D eigenvalue weighted by molar-refractivity contribution is -0.146. The fourth-order valence-electron chi connectivity index (χ4n) is 2.48. The number of benzene rings is 1. The molecule has 1 aliphatic heterocycles. The van der Waals surface area contributed by atoms with E-state index in [9.17, 15) is 14.7 Å². The number of fused-ring (bicyclic) bond motifs is 1. The Kier molecular flexibility index (Phi) is 3.35. The van der Waals surface area contributed by atoms with Crippen LogP contribution in [0.15, 0.2) is 18.2 Å². The quantitative estimate of drug-likeness (QED) is 0.908. The van der Waals surface area contributed by atoms with E-state index in [2.05, 4.69) is 0 Å². The molecule has 1 N–H and O–H groups in total. The van der Waals surface area contributed by atoms with Crippen molar-refractivity contribution in [2.75, 3.05) is 11.9 Å². The van der Waals surface area contributed by atoms with Gasteiger partial charge in [-0.25, -0.2) is 0 Å². The van der Waals surface area contributed by atoms with Crippen LogP contribution in [0, 0.1) is 5.41 Å². The van der Waals surface area contributed by atoms with E-state index in [1.807, 2.05) is 18.2 Å². The smallest absolute Gasteiger partial charge is 0.309 e. The molecule has 2 rings (SSSR count). The molecule has 1 aromatic carbocycles. The van der Waals surface area contributed by atoms with Crippen LogP contribution >= 0.6 is 0 Å². The number of carbonyl (C=O) groups excluding carboxylic acids is 1. The lowest BCUT2D eigenvalue weighted by atomic mass is 9.82. The van der Waals surface area contributed by atoms with Crippen molar-refractivity contribution in [1.29, 1.82) is 0 Å². The average molecular weight is 261 g/mol. The molecule has 0 saturated carbocycles. The van der Waals surface area contributed by atoms with E-state index in [-0.39, 0.29) is 5.91 Å². The van der Waals surface area contributed by atoms with Crippen molar-refractivity contribution < 1.29 is 14.7 Å². The molecular formula is C15H19NO3. The van der Waals surface area contributed by atoms with Gasteiger partial charge in [-0.15, -0.1) is 0 Å². The van der Waals surface area contributed by atoms with Crippen LogP contribution in [0.1, 0.15) is 31.4 Å². The normalized spacial score (nSPS) is 15.3. The summed E-state index contributed by atoms with van der Waals surface area (Å²) >= 11 is 0. The molecular weight excluding hydrogens is 242 g/mol. The Morgan fingerprint density at radius 1 is 1.37 bits per heavy atom. The Labute approximate surface area is 113 Å². The lowest BCUT2D eigenvalue weighted by Gasteiger charge is -2.29. The Hall–Kier alpha value is -1.84. The summed E-state index contributed by atoms with van der Waals surface area (Å²) in [5.74, 6) is -0.688. The van der Waals surface area contributed by atoms with Gasteiger partial charge in [-0.05, 0) is 43.9 Å². The zero-order chi connectivity index (χ0) is 14.2. The number of amides is 1. The molecule has 4 nitrogen and oxygen atoms in total. The second-order valence-electron chi connectivity index (χ2n) is 5.73. The molecule has 19 heavy (non-hydrogen) atoms. The van der Waals surface area contributed by atoms with Crippen LogP contribution in [-0.4, -0.2) is 24.0 Å². The molecule has 1 aliphatic rings.